The van der Waals surface area contributed by atoms with E-state index >= 15 is 0 Å². The summed E-state index contributed by atoms with van der Waals surface area (Å²) in [6.07, 6.45) is 0. The van der Waals surface area contributed by atoms with E-state index < -0.39 is 11.9 Å². The smallest absolute Gasteiger partial charge is 0.308 e. The zero-order chi connectivity index (χ0) is 14.7. The standard InChI is InChI=1S/C15H19NO3S/c1-10-3-5-12(6-4-10)20-9-14(17)16-7-11(2)13(8-16)15(18)19/h3-6,11,13H,7-9H2,1-2H3,(H,18,19)/t11-,13-/m1/s1. The number of aryl methyl sites for hydroxylation is 1. The number of benzene rings is 1. The number of rotatable bonds is 4. The van der Waals surface area contributed by atoms with Gasteiger partial charge in [0.2, 0.25) is 5.91 Å². The van der Waals surface area contributed by atoms with Crippen LogP contribution in [0, 0.1) is 18.8 Å². The summed E-state index contributed by atoms with van der Waals surface area (Å²) >= 11 is 1.50. The van der Waals surface area contributed by atoms with Crippen molar-refractivity contribution in [2.45, 2.75) is 18.7 Å². The van der Waals surface area contributed by atoms with Crippen LogP contribution in [-0.4, -0.2) is 40.7 Å². The molecule has 4 nitrogen and oxygen atoms in total. The lowest BCUT2D eigenvalue weighted by Crippen LogP contribution is -2.31. The van der Waals surface area contributed by atoms with E-state index in [4.69, 9.17) is 5.11 Å². The number of aliphatic carboxylic acids is 1. The third-order valence-corrected chi connectivity index (χ3v) is 4.66. The van der Waals surface area contributed by atoms with Crippen molar-refractivity contribution in [1.82, 2.24) is 4.90 Å². The van der Waals surface area contributed by atoms with Crippen molar-refractivity contribution in [3.8, 4) is 0 Å². The topological polar surface area (TPSA) is 57.6 Å². The van der Waals surface area contributed by atoms with Crippen molar-refractivity contribution >= 4 is 23.6 Å². The Hall–Kier alpha value is -1.49. The molecule has 0 aliphatic carbocycles. The number of hydrogen-bond donors (Lipinski definition) is 1. The van der Waals surface area contributed by atoms with Gasteiger partial charge in [0.25, 0.3) is 0 Å². The summed E-state index contributed by atoms with van der Waals surface area (Å²) in [6.45, 7) is 4.80. The quantitative estimate of drug-likeness (QED) is 0.865. The van der Waals surface area contributed by atoms with Crippen LogP contribution in [0.15, 0.2) is 29.2 Å². The first kappa shape index (κ1) is 14.9. The normalized spacial score (nSPS) is 22.0. The van der Waals surface area contributed by atoms with E-state index in [-0.39, 0.29) is 11.8 Å². The molecule has 1 N–H and O–H groups in total. The Morgan fingerprint density at radius 2 is 1.95 bits per heavy atom. The van der Waals surface area contributed by atoms with Crippen LogP contribution in [-0.2, 0) is 9.59 Å². The maximum atomic E-state index is 12.1. The van der Waals surface area contributed by atoms with Gasteiger partial charge in [-0.2, -0.15) is 0 Å². The zero-order valence-electron chi connectivity index (χ0n) is 11.7. The van der Waals surface area contributed by atoms with Crippen LogP contribution in [0.1, 0.15) is 12.5 Å². The van der Waals surface area contributed by atoms with E-state index in [0.29, 0.717) is 18.8 Å². The van der Waals surface area contributed by atoms with Crippen molar-refractivity contribution in [1.29, 1.82) is 0 Å². The summed E-state index contributed by atoms with van der Waals surface area (Å²) in [7, 11) is 0. The van der Waals surface area contributed by atoms with Crippen LogP contribution in [0.3, 0.4) is 0 Å². The van der Waals surface area contributed by atoms with Gasteiger partial charge in [-0.15, -0.1) is 11.8 Å². The first-order chi connectivity index (χ1) is 9.47. The lowest BCUT2D eigenvalue weighted by molar-refractivity contribution is -0.142. The van der Waals surface area contributed by atoms with Gasteiger partial charge in [-0.3, -0.25) is 9.59 Å². The molecular weight excluding hydrogens is 274 g/mol. The van der Waals surface area contributed by atoms with Gasteiger partial charge in [-0.05, 0) is 25.0 Å². The van der Waals surface area contributed by atoms with Crippen LogP contribution in [0.25, 0.3) is 0 Å². The molecule has 1 aliphatic heterocycles. The molecule has 0 radical (unpaired) electrons. The fraction of sp³-hybridized carbons (Fsp3) is 0.467. The molecule has 0 unspecified atom stereocenters. The van der Waals surface area contributed by atoms with Gasteiger partial charge < -0.3 is 10.0 Å². The molecule has 0 spiro atoms. The highest BCUT2D eigenvalue weighted by molar-refractivity contribution is 8.00. The van der Waals surface area contributed by atoms with Gasteiger partial charge in [0.05, 0.1) is 11.7 Å². The second-order valence-corrected chi connectivity index (χ2v) is 6.37. The molecule has 1 aliphatic rings. The first-order valence-electron chi connectivity index (χ1n) is 6.67. The molecular formula is C15H19NO3S. The molecule has 0 bridgehead atoms. The molecule has 1 fully saturated rings. The molecule has 1 aromatic rings. The summed E-state index contributed by atoms with van der Waals surface area (Å²) in [6, 6.07) is 8.04. The molecule has 2 atom stereocenters. The van der Waals surface area contributed by atoms with Gasteiger partial charge in [0.1, 0.15) is 0 Å². The highest BCUT2D eigenvalue weighted by atomic mass is 32.2. The third-order valence-electron chi connectivity index (χ3n) is 3.67. The maximum Gasteiger partial charge on any atom is 0.308 e. The van der Waals surface area contributed by atoms with Gasteiger partial charge in [-0.25, -0.2) is 0 Å². The summed E-state index contributed by atoms with van der Waals surface area (Å²) < 4.78 is 0. The van der Waals surface area contributed by atoms with E-state index in [2.05, 4.69) is 0 Å². The van der Waals surface area contributed by atoms with Crippen molar-refractivity contribution in [3.05, 3.63) is 29.8 Å². The van der Waals surface area contributed by atoms with Crippen LogP contribution < -0.4 is 0 Å². The fourth-order valence-electron chi connectivity index (χ4n) is 2.36. The monoisotopic (exact) mass is 293 g/mol. The Labute approximate surface area is 123 Å². The number of carbonyl (C=O) groups excluding carboxylic acids is 1. The van der Waals surface area contributed by atoms with E-state index in [1.54, 1.807) is 4.90 Å². The SMILES string of the molecule is Cc1ccc(SCC(=O)N2C[C@@H](C)[C@H](C(=O)O)C2)cc1. The highest BCUT2D eigenvalue weighted by Crippen LogP contribution is 2.25. The maximum absolute atomic E-state index is 12.1. The second kappa shape index (κ2) is 6.31. The van der Waals surface area contributed by atoms with Crippen molar-refractivity contribution in [2.75, 3.05) is 18.8 Å². The molecule has 0 aromatic heterocycles. The van der Waals surface area contributed by atoms with Gasteiger partial charge in [0.15, 0.2) is 0 Å². The Balaban J connectivity index is 1.87. The minimum atomic E-state index is -0.806. The van der Waals surface area contributed by atoms with Crippen molar-refractivity contribution < 1.29 is 14.7 Å². The highest BCUT2D eigenvalue weighted by Gasteiger charge is 2.36. The van der Waals surface area contributed by atoms with Crippen LogP contribution in [0.5, 0.6) is 0 Å². The second-order valence-electron chi connectivity index (χ2n) is 5.32. The van der Waals surface area contributed by atoms with E-state index in [9.17, 15) is 9.59 Å². The number of thioether (sulfide) groups is 1. The lowest BCUT2D eigenvalue weighted by atomic mass is 9.99. The Morgan fingerprint density at radius 1 is 1.30 bits per heavy atom. The molecule has 2 rings (SSSR count). The average molecular weight is 293 g/mol. The number of carboxylic acids is 1. The number of carboxylic acid groups (broad SMARTS) is 1. The minimum Gasteiger partial charge on any atom is -0.481 e. The molecule has 1 aromatic carbocycles. The molecule has 1 amide bonds. The average Bonchev–Trinajstić information content (AvgIpc) is 2.80. The Bertz CT molecular complexity index is 500. The Kier molecular flexibility index (Phi) is 4.70. The van der Waals surface area contributed by atoms with Crippen LogP contribution >= 0.6 is 11.8 Å². The van der Waals surface area contributed by atoms with E-state index in [0.717, 1.165) is 4.90 Å². The van der Waals surface area contributed by atoms with Gasteiger partial charge >= 0.3 is 5.97 Å². The van der Waals surface area contributed by atoms with Crippen LogP contribution in [0.2, 0.25) is 0 Å². The predicted molar refractivity (Wildman–Crippen MR) is 78.8 cm³/mol. The number of hydrogen-bond acceptors (Lipinski definition) is 3. The molecule has 5 heteroatoms. The van der Waals surface area contributed by atoms with E-state index in [1.165, 1.54) is 17.3 Å². The third kappa shape index (κ3) is 3.54. The first-order valence-corrected chi connectivity index (χ1v) is 7.66. The summed E-state index contributed by atoms with van der Waals surface area (Å²) in [4.78, 5) is 25.9. The minimum absolute atomic E-state index is 0.0196. The zero-order valence-corrected chi connectivity index (χ0v) is 12.5. The molecule has 20 heavy (non-hydrogen) atoms. The number of likely N-dealkylation sites (tertiary alicyclic amines) is 1. The fourth-order valence-corrected chi connectivity index (χ4v) is 3.16. The largest absolute Gasteiger partial charge is 0.481 e. The molecule has 1 heterocycles. The van der Waals surface area contributed by atoms with Gasteiger partial charge in [0, 0.05) is 18.0 Å². The summed E-state index contributed by atoms with van der Waals surface area (Å²) in [5.74, 6) is -0.823. The van der Waals surface area contributed by atoms with Crippen molar-refractivity contribution in [2.24, 2.45) is 11.8 Å². The lowest BCUT2D eigenvalue weighted by Gasteiger charge is -2.15. The van der Waals surface area contributed by atoms with Gasteiger partial charge in [-0.1, -0.05) is 24.6 Å². The van der Waals surface area contributed by atoms with Crippen molar-refractivity contribution in [3.63, 3.8) is 0 Å². The number of nitrogens with zero attached hydrogens (tertiary/aromatic N) is 1. The summed E-state index contributed by atoms with van der Waals surface area (Å²) in [5, 5.41) is 9.07. The molecule has 1 saturated heterocycles. The number of amides is 1. The molecule has 108 valence electrons. The van der Waals surface area contributed by atoms with Crippen LogP contribution in [0.4, 0.5) is 0 Å². The summed E-state index contributed by atoms with van der Waals surface area (Å²) in [5.41, 5.74) is 1.19. The molecule has 0 saturated carbocycles. The van der Waals surface area contributed by atoms with E-state index in [1.807, 2.05) is 38.1 Å². The number of carbonyl (C=O) groups is 2. The Morgan fingerprint density at radius 3 is 2.50 bits per heavy atom. The predicted octanol–water partition coefficient (Wildman–Crippen LogP) is 2.27.